The summed E-state index contributed by atoms with van der Waals surface area (Å²) in [5.74, 6) is -0.526. The molecule has 0 saturated carbocycles. The molecular weight excluding hydrogens is 156 g/mol. The van der Waals surface area contributed by atoms with E-state index >= 15 is 0 Å². The zero-order valence-corrected chi connectivity index (χ0v) is 6.01. The number of hydrogen-bond donors (Lipinski definition) is 3. The molecule has 6 heteroatoms. The van der Waals surface area contributed by atoms with Gasteiger partial charge in [0.05, 0.1) is 0 Å². The van der Waals surface area contributed by atoms with E-state index in [-0.39, 0.29) is 12.2 Å². The topological polar surface area (TPSA) is 81.4 Å². The number of hydrogen-bond acceptors (Lipinski definition) is 5. The summed E-state index contributed by atoms with van der Waals surface area (Å²) in [7, 11) is 0. The smallest absolute Gasteiger partial charge is 0.339 e. The van der Waals surface area contributed by atoms with E-state index in [2.05, 4.69) is 17.5 Å². The third-order valence-electron chi connectivity index (χ3n) is 0.707. The molecule has 0 aromatic carbocycles. The molecule has 0 spiro atoms. The molecule has 0 aliphatic heterocycles. The highest BCUT2D eigenvalue weighted by atomic mass is 32.1. The molecule has 3 N–H and O–H groups in total. The second-order valence-corrected chi connectivity index (χ2v) is 1.81. The van der Waals surface area contributed by atoms with E-state index in [1.54, 1.807) is 5.48 Å². The summed E-state index contributed by atoms with van der Waals surface area (Å²) in [4.78, 5) is 24.2. The number of carbonyl (C=O) groups excluding carboxylic acids is 2. The molecule has 0 bridgehead atoms. The monoisotopic (exact) mass is 164 g/mol. The van der Waals surface area contributed by atoms with Gasteiger partial charge in [0, 0.05) is 5.75 Å². The number of nitrogens with one attached hydrogen (secondary N) is 1. The van der Waals surface area contributed by atoms with Crippen LogP contribution in [0.5, 0.6) is 0 Å². The van der Waals surface area contributed by atoms with Crippen molar-refractivity contribution in [2.75, 3.05) is 5.75 Å². The highest BCUT2D eigenvalue weighted by molar-refractivity contribution is 7.80. The van der Waals surface area contributed by atoms with Crippen LogP contribution in [0.4, 0.5) is 0 Å². The van der Waals surface area contributed by atoms with Crippen LogP contribution >= 0.6 is 12.6 Å². The maximum atomic E-state index is 10.5. The fraction of sp³-hybridized carbons (Fsp3) is 0.500. The Balaban J connectivity index is 3.51. The van der Waals surface area contributed by atoms with Crippen LogP contribution in [-0.2, 0) is 14.4 Å². The van der Waals surface area contributed by atoms with Crippen molar-refractivity contribution in [2.45, 2.75) is 6.04 Å². The Morgan fingerprint density at radius 2 is 2.50 bits per heavy atom. The molecule has 0 aliphatic carbocycles. The second kappa shape index (κ2) is 5.07. The first-order chi connectivity index (χ1) is 4.72. The summed E-state index contributed by atoms with van der Waals surface area (Å²) in [6.45, 7) is 0. The van der Waals surface area contributed by atoms with Crippen LogP contribution < -0.4 is 11.2 Å². The fourth-order valence-corrected chi connectivity index (χ4v) is 0.381. The molecule has 0 aromatic rings. The van der Waals surface area contributed by atoms with E-state index in [1.807, 2.05) is 0 Å². The maximum Gasteiger partial charge on any atom is 0.349 e. The summed E-state index contributed by atoms with van der Waals surface area (Å²) >= 11 is 3.74. The van der Waals surface area contributed by atoms with Gasteiger partial charge in [0.25, 0.3) is 0 Å². The van der Waals surface area contributed by atoms with Crippen LogP contribution in [-0.4, -0.2) is 24.2 Å². The summed E-state index contributed by atoms with van der Waals surface area (Å²) in [6, 6.07) is -0.796. The Hall–Kier alpha value is -0.750. The molecule has 0 radical (unpaired) electrons. The summed E-state index contributed by atoms with van der Waals surface area (Å²) < 4.78 is 0. The number of nitrogens with two attached hydrogens (primary N) is 1. The van der Waals surface area contributed by atoms with Crippen molar-refractivity contribution in [3.05, 3.63) is 0 Å². The van der Waals surface area contributed by atoms with Crippen molar-refractivity contribution in [1.82, 2.24) is 5.48 Å². The standard InChI is InChI=1S/C4H8N2O3S/c5-3(1-10)4(8)9-6-2-7/h2-3,10H,1,5H2,(H,6,7)/t3-/m0/s1. The van der Waals surface area contributed by atoms with E-state index in [1.165, 1.54) is 0 Å². The number of amides is 1. The van der Waals surface area contributed by atoms with Crippen molar-refractivity contribution >= 4 is 25.0 Å². The van der Waals surface area contributed by atoms with Crippen LogP contribution in [0.25, 0.3) is 0 Å². The lowest BCUT2D eigenvalue weighted by molar-refractivity contribution is -0.155. The van der Waals surface area contributed by atoms with Gasteiger partial charge in [0.15, 0.2) is 0 Å². The molecule has 10 heavy (non-hydrogen) atoms. The van der Waals surface area contributed by atoms with E-state index < -0.39 is 12.0 Å². The van der Waals surface area contributed by atoms with Crippen molar-refractivity contribution in [1.29, 1.82) is 0 Å². The van der Waals surface area contributed by atoms with Gasteiger partial charge in [-0.2, -0.15) is 18.1 Å². The SMILES string of the molecule is N[C@@H](CS)C(=O)ONC=O. The Labute approximate surface area is 63.3 Å². The lowest BCUT2D eigenvalue weighted by atomic mass is 10.4. The minimum atomic E-state index is -0.796. The molecule has 1 amide bonds. The zero-order chi connectivity index (χ0) is 7.98. The minimum Gasteiger partial charge on any atom is -0.339 e. The van der Waals surface area contributed by atoms with Gasteiger partial charge in [-0.3, -0.25) is 4.79 Å². The average molecular weight is 164 g/mol. The number of carbonyl (C=O) groups is 2. The first-order valence-corrected chi connectivity index (χ1v) is 3.12. The molecule has 0 rings (SSSR count). The second-order valence-electron chi connectivity index (χ2n) is 1.45. The molecule has 0 aromatic heterocycles. The van der Waals surface area contributed by atoms with E-state index in [0.717, 1.165) is 0 Å². The molecular formula is C4H8N2O3S. The molecule has 0 fully saturated rings. The van der Waals surface area contributed by atoms with Crippen molar-refractivity contribution in [3.63, 3.8) is 0 Å². The van der Waals surface area contributed by atoms with Crippen molar-refractivity contribution in [2.24, 2.45) is 5.73 Å². The summed E-state index contributed by atoms with van der Waals surface area (Å²) in [5, 5.41) is 0. The first kappa shape index (κ1) is 9.25. The van der Waals surface area contributed by atoms with Crippen molar-refractivity contribution in [3.8, 4) is 0 Å². The summed E-state index contributed by atoms with van der Waals surface area (Å²) in [6.07, 6.45) is 0.239. The molecule has 0 heterocycles. The Bertz CT molecular complexity index is 130. The molecule has 5 nitrogen and oxygen atoms in total. The summed E-state index contributed by atoms with van der Waals surface area (Å²) in [5.41, 5.74) is 6.87. The molecule has 0 aliphatic rings. The van der Waals surface area contributed by atoms with Gasteiger partial charge in [0.1, 0.15) is 6.04 Å². The molecule has 0 saturated heterocycles. The van der Waals surface area contributed by atoms with E-state index in [9.17, 15) is 9.59 Å². The van der Waals surface area contributed by atoms with Crippen LogP contribution in [0, 0.1) is 0 Å². The van der Waals surface area contributed by atoms with Gasteiger partial charge in [-0.05, 0) is 0 Å². The molecule has 0 unspecified atom stereocenters. The largest absolute Gasteiger partial charge is 0.349 e. The highest BCUT2D eigenvalue weighted by Gasteiger charge is 2.12. The first-order valence-electron chi connectivity index (χ1n) is 2.48. The lowest BCUT2D eigenvalue weighted by Gasteiger charge is -2.04. The Morgan fingerprint density at radius 1 is 1.90 bits per heavy atom. The Morgan fingerprint density at radius 3 is 2.90 bits per heavy atom. The highest BCUT2D eigenvalue weighted by Crippen LogP contribution is 1.84. The van der Waals surface area contributed by atoms with Crippen LogP contribution in [0.2, 0.25) is 0 Å². The predicted octanol–water partition coefficient (Wildman–Crippen LogP) is -1.55. The zero-order valence-electron chi connectivity index (χ0n) is 5.11. The lowest BCUT2D eigenvalue weighted by Crippen LogP contribution is -2.36. The van der Waals surface area contributed by atoms with Crippen molar-refractivity contribution < 1.29 is 14.4 Å². The van der Waals surface area contributed by atoms with Crippen LogP contribution in [0.3, 0.4) is 0 Å². The van der Waals surface area contributed by atoms with Crippen LogP contribution in [0.15, 0.2) is 0 Å². The van der Waals surface area contributed by atoms with Gasteiger partial charge in [0.2, 0.25) is 6.41 Å². The fourth-order valence-electron chi connectivity index (χ4n) is 0.232. The predicted molar refractivity (Wildman–Crippen MR) is 37.1 cm³/mol. The van der Waals surface area contributed by atoms with Gasteiger partial charge in [-0.25, -0.2) is 4.79 Å². The Kier molecular flexibility index (Phi) is 4.69. The maximum absolute atomic E-state index is 10.5. The number of rotatable bonds is 4. The third-order valence-corrected chi connectivity index (χ3v) is 1.10. The average Bonchev–Trinajstić information content (AvgIpc) is 1.98. The third kappa shape index (κ3) is 3.31. The number of hydroxylamine groups is 1. The number of thiol groups is 1. The quantitative estimate of drug-likeness (QED) is 0.267. The van der Waals surface area contributed by atoms with Gasteiger partial charge < -0.3 is 10.6 Å². The van der Waals surface area contributed by atoms with Crippen LogP contribution in [0.1, 0.15) is 0 Å². The van der Waals surface area contributed by atoms with E-state index in [0.29, 0.717) is 0 Å². The normalized spacial score (nSPS) is 11.8. The molecule has 1 atom stereocenters. The minimum absolute atomic E-state index is 0.180. The van der Waals surface area contributed by atoms with Gasteiger partial charge in [-0.1, -0.05) is 0 Å². The molecule has 58 valence electrons. The van der Waals surface area contributed by atoms with Gasteiger partial charge in [-0.15, -0.1) is 0 Å². The van der Waals surface area contributed by atoms with E-state index in [4.69, 9.17) is 5.73 Å². The van der Waals surface area contributed by atoms with Gasteiger partial charge >= 0.3 is 5.97 Å².